The Kier molecular flexibility index (Phi) is 5.73. The van der Waals surface area contributed by atoms with E-state index >= 15 is 0 Å². The highest BCUT2D eigenvalue weighted by Crippen LogP contribution is 2.37. The number of carboxylic acid groups (broad SMARTS) is 1. The minimum absolute atomic E-state index is 0.0977. The number of nitrogens with zero attached hydrogens (tertiary/aromatic N) is 1. The Hall–Kier alpha value is -1.50. The van der Waals surface area contributed by atoms with E-state index in [2.05, 4.69) is 15.9 Å². The van der Waals surface area contributed by atoms with Crippen molar-refractivity contribution in [3.63, 3.8) is 0 Å². The van der Waals surface area contributed by atoms with Crippen LogP contribution < -0.4 is 0 Å². The van der Waals surface area contributed by atoms with E-state index in [1.807, 2.05) is 6.07 Å². The zero-order chi connectivity index (χ0) is 17.0. The molecule has 1 amide bonds. The van der Waals surface area contributed by atoms with E-state index in [1.165, 1.54) is 4.90 Å². The number of aliphatic carboxylic acids is 1. The van der Waals surface area contributed by atoms with Crippen LogP contribution in [0.5, 0.6) is 0 Å². The maximum atomic E-state index is 13.2. The van der Waals surface area contributed by atoms with Crippen molar-refractivity contribution in [2.45, 2.75) is 38.2 Å². The number of carbonyl (C=O) groups is 2. The molecule has 1 N–H and O–H groups in total. The summed E-state index contributed by atoms with van der Waals surface area (Å²) in [6.07, 6.45) is -0.441. The van der Waals surface area contributed by atoms with Gasteiger partial charge in [-0.1, -0.05) is 28.1 Å². The molecule has 0 spiro atoms. The van der Waals surface area contributed by atoms with Crippen molar-refractivity contribution in [2.24, 2.45) is 5.92 Å². The van der Waals surface area contributed by atoms with Gasteiger partial charge in [-0.3, -0.25) is 9.59 Å². The summed E-state index contributed by atoms with van der Waals surface area (Å²) in [6, 6.07) is 7.22. The van der Waals surface area contributed by atoms with Crippen LogP contribution in [0.1, 0.15) is 31.2 Å². The second-order valence-corrected chi connectivity index (χ2v) is 6.76. The minimum atomic E-state index is -2.71. The van der Waals surface area contributed by atoms with Crippen LogP contribution in [0.4, 0.5) is 8.78 Å². The smallest absolute Gasteiger partial charge is 0.323 e. The number of carbonyl (C=O) groups excluding carboxylic acids is 1. The molecular formula is C16H18BrF2NO3. The van der Waals surface area contributed by atoms with E-state index in [0.29, 0.717) is 0 Å². The lowest BCUT2D eigenvalue weighted by molar-refractivity contribution is -0.149. The average molecular weight is 390 g/mol. The molecular weight excluding hydrogens is 372 g/mol. The summed E-state index contributed by atoms with van der Waals surface area (Å²) in [6.45, 7) is -0.282. The second-order valence-electron chi connectivity index (χ2n) is 5.85. The molecule has 1 aromatic carbocycles. The molecule has 1 aliphatic rings. The van der Waals surface area contributed by atoms with Crippen LogP contribution in [-0.2, 0) is 16.1 Å². The van der Waals surface area contributed by atoms with Gasteiger partial charge in [-0.15, -0.1) is 0 Å². The van der Waals surface area contributed by atoms with Crippen LogP contribution in [-0.4, -0.2) is 34.4 Å². The van der Waals surface area contributed by atoms with Crippen LogP contribution >= 0.6 is 15.9 Å². The van der Waals surface area contributed by atoms with Gasteiger partial charge in [0.15, 0.2) is 0 Å². The molecule has 23 heavy (non-hydrogen) atoms. The first-order valence-corrected chi connectivity index (χ1v) is 8.19. The van der Waals surface area contributed by atoms with Gasteiger partial charge in [0.25, 0.3) is 0 Å². The summed E-state index contributed by atoms with van der Waals surface area (Å²) in [7, 11) is 0. The van der Waals surface area contributed by atoms with E-state index in [1.54, 1.807) is 18.2 Å². The number of rotatable bonds is 5. The van der Waals surface area contributed by atoms with E-state index in [0.717, 1.165) is 10.0 Å². The first-order valence-electron chi connectivity index (χ1n) is 7.40. The van der Waals surface area contributed by atoms with Gasteiger partial charge in [-0.25, -0.2) is 8.78 Å². The van der Waals surface area contributed by atoms with Crippen LogP contribution in [0.2, 0.25) is 0 Å². The van der Waals surface area contributed by atoms with Gasteiger partial charge in [0.05, 0.1) is 0 Å². The fourth-order valence-electron chi connectivity index (χ4n) is 2.78. The van der Waals surface area contributed by atoms with Gasteiger partial charge >= 0.3 is 5.97 Å². The Morgan fingerprint density at radius 1 is 1.30 bits per heavy atom. The molecule has 2 rings (SSSR count). The van der Waals surface area contributed by atoms with Gasteiger partial charge in [-0.2, -0.15) is 0 Å². The lowest BCUT2D eigenvalue weighted by Crippen LogP contribution is -2.41. The fraction of sp³-hybridized carbons (Fsp3) is 0.500. The molecule has 1 aromatic rings. The van der Waals surface area contributed by atoms with Crippen LogP contribution in [0, 0.1) is 5.92 Å². The molecule has 0 aliphatic heterocycles. The lowest BCUT2D eigenvalue weighted by atomic mass is 9.86. The maximum absolute atomic E-state index is 13.2. The third-order valence-corrected chi connectivity index (χ3v) is 4.46. The molecule has 1 fully saturated rings. The molecule has 0 aromatic heterocycles. The van der Waals surface area contributed by atoms with Gasteiger partial charge in [0.2, 0.25) is 11.8 Å². The van der Waals surface area contributed by atoms with Crippen molar-refractivity contribution < 1.29 is 23.5 Å². The van der Waals surface area contributed by atoms with Crippen LogP contribution in [0.25, 0.3) is 0 Å². The minimum Gasteiger partial charge on any atom is -0.480 e. The van der Waals surface area contributed by atoms with E-state index in [9.17, 15) is 18.4 Å². The first kappa shape index (κ1) is 17.8. The maximum Gasteiger partial charge on any atom is 0.323 e. The predicted molar refractivity (Wildman–Crippen MR) is 84.1 cm³/mol. The molecule has 0 heterocycles. The summed E-state index contributed by atoms with van der Waals surface area (Å²) >= 11 is 3.33. The van der Waals surface area contributed by atoms with Crippen LogP contribution in [0.3, 0.4) is 0 Å². The van der Waals surface area contributed by atoms with Crippen LogP contribution in [0.15, 0.2) is 28.7 Å². The number of hydrogen-bond donors (Lipinski definition) is 1. The van der Waals surface area contributed by atoms with Crippen molar-refractivity contribution in [1.29, 1.82) is 0 Å². The lowest BCUT2D eigenvalue weighted by Gasteiger charge is -2.31. The summed E-state index contributed by atoms with van der Waals surface area (Å²) in [4.78, 5) is 24.8. The highest BCUT2D eigenvalue weighted by molar-refractivity contribution is 9.10. The Labute approximate surface area is 141 Å². The molecule has 1 saturated carbocycles. The standard InChI is InChI=1S/C16H18BrF2NO3/c17-13-3-1-2-11(8-13)9-20(10-14(21)22)15(23)12-4-6-16(18,19)7-5-12/h1-3,8,12H,4-7,9-10H2,(H,21,22). The van der Waals surface area contributed by atoms with Crippen molar-refractivity contribution in [3.8, 4) is 0 Å². The van der Waals surface area contributed by atoms with Crippen molar-refractivity contribution in [1.82, 2.24) is 4.90 Å². The molecule has 0 radical (unpaired) electrons. The topological polar surface area (TPSA) is 57.6 Å². The van der Waals surface area contributed by atoms with Gasteiger partial charge in [0.1, 0.15) is 6.54 Å². The summed E-state index contributed by atoms with van der Waals surface area (Å²) in [5, 5.41) is 9.02. The third-order valence-electron chi connectivity index (χ3n) is 3.97. The average Bonchev–Trinajstić information content (AvgIpc) is 2.45. The number of amides is 1. The van der Waals surface area contributed by atoms with Crippen molar-refractivity contribution in [3.05, 3.63) is 34.3 Å². The molecule has 0 unspecified atom stereocenters. The second kappa shape index (κ2) is 7.38. The molecule has 0 saturated heterocycles. The molecule has 4 nitrogen and oxygen atoms in total. The van der Waals surface area contributed by atoms with Gasteiger partial charge < -0.3 is 10.0 Å². The first-order chi connectivity index (χ1) is 10.8. The third kappa shape index (κ3) is 5.27. The Morgan fingerprint density at radius 3 is 2.52 bits per heavy atom. The molecule has 1 aliphatic carbocycles. The van der Waals surface area contributed by atoms with Crippen molar-refractivity contribution >= 4 is 27.8 Å². The molecule has 7 heteroatoms. The fourth-order valence-corrected chi connectivity index (χ4v) is 3.22. The molecule has 0 atom stereocenters. The summed E-state index contributed by atoms with van der Waals surface area (Å²) < 4.78 is 27.3. The number of benzene rings is 1. The number of carboxylic acids is 1. The Bertz CT molecular complexity index is 584. The number of halogens is 3. The summed E-state index contributed by atoms with van der Waals surface area (Å²) in [5.74, 6) is -4.71. The molecule has 0 bridgehead atoms. The highest BCUT2D eigenvalue weighted by atomic mass is 79.9. The summed E-state index contributed by atoms with van der Waals surface area (Å²) in [5.41, 5.74) is 0.787. The Morgan fingerprint density at radius 2 is 1.96 bits per heavy atom. The van der Waals surface area contributed by atoms with E-state index in [4.69, 9.17) is 5.11 Å². The molecule has 126 valence electrons. The monoisotopic (exact) mass is 389 g/mol. The predicted octanol–water partition coefficient (Wildman–Crippen LogP) is 3.69. The van der Waals surface area contributed by atoms with Crippen molar-refractivity contribution in [2.75, 3.05) is 6.54 Å². The van der Waals surface area contributed by atoms with Gasteiger partial charge in [-0.05, 0) is 30.5 Å². The van der Waals surface area contributed by atoms with E-state index < -0.39 is 24.4 Å². The largest absolute Gasteiger partial charge is 0.480 e. The quantitative estimate of drug-likeness (QED) is 0.835. The normalized spacial score (nSPS) is 17.7. The number of hydrogen-bond acceptors (Lipinski definition) is 2. The van der Waals surface area contributed by atoms with E-state index in [-0.39, 0.29) is 38.1 Å². The van der Waals surface area contributed by atoms with Gasteiger partial charge in [0, 0.05) is 29.8 Å². The zero-order valence-electron chi connectivity index (χ0n) is 12.5. The zero-order valence-corrected chi connectivity index (χ0v) is 14.1. The SMILES string of the molecule is O=C(O)CN(Cc1cccc(Br)c1)C(=O)C1CCC(F)(F)CC1. The Balaban J connectivity index is 2.08. The highest BCUT2D eigenvalue weighted by Gasteiger charge is 2.38. The number of alkyl halides is 2.